The Balaban J connectivity index is 2.97. The van der Waals surface area contributed by atoms with Crippen molar-refractivity contribution in [2.45, 2.75) is 6.92 Å². The molecular formula is C9H12N4O4. The average Bonchev–Trinajstić information content (AvgIpc) is 2.34. The van der Waals surface area contributed by atoms with Crippen LogP contribution in [-0.2, 0) is 4.84 Å². The quantitative estimate of drug-likeness (QED) is 0.340. The molecule has 0 saturated carbocycles. The first-order chi connectivity index (χ1) is 8.08. The summed E-state index contributed by atoms with van der Waals surface area (Å²) in [6.45, 7) is 1.48. The van der Waals surface area contributed by atoms with Gasteiger partial charge in [-0.3, -0.25) is 0 Å². The summed E-state index contributed by atoms with van der Waals surface area (Å²) in [5.74, 6) is -0.618. The van der Waals surface area contributed by atoms with Gasteiger partial charge >= 0.3 is 12.0 Å². The predicted octanol–water partition coefficient (Wildman–Crippen LogP) is -0.0573. The van der Waals surface area contributed by atoms with Gasteiger partial charge in [0.2, 0.25) is 5.88 Å². The Kier molecular flexibility index (Phi) is 4.21. The van der Waals surface area contributed by atoms with Crippen molar-refractivity contribution >= 4 is 11.8 Å². The highest BCUT2D eigenvalue weighted by atomic mass is 16.7. The Morgan fingerprint density at radius 2 is 2.12 bits per heavy atom. The zero-order valence-electron chi connectivity index (χ0n) is 9.63. The molecule has 0 unspecified atom stereocenters. The van der Waals surface area contributed by atoms with Crippen LogP contribution in [0.1, 0.15) is 17.3 Å². The molecule has 1 aromatic heterocycles. The molecule has 1 aromatic rings. The molecule has 0 aliphatic rings. The zero-order valence-corrected chi connectivity index (χ0v) is 9.63. The van der Waals surface area contributed by atoms with Gasteiger partial charge in [-0.05, 0) is 6.92 Å². The number of nitrogens with zero attached hydrogens (tertiary/aromatic N) is 3. The summed E-state index contributed by atoms with van der Waals surface area (Å²) in [4.78, 5) is 23.7. The molecule has 1 rings (SSSR count). The molecule has 0 atom stereocenters. The van der Waals surface area contributed by atoms with E-state index in [0.29, 0.717) is 0 Å². The number of ether oxygens (including phenoxy) is 2. The molecule has 17 heavy (non-hydrogen) atoms. The molecule has 0 aliphatic heterocycles. The van der Waals surface area contributed by atoms with Crippen LogP contribution in [0, 0.1) is 0 Å². The molecule has 0 bridgehead atoms. The van der Waals surface area contributed by atoms with Crippen LogP contribution in [0.2, 0.25) is 0 Å². The van der Waals surface area contributed by atoms with Crippen molar-refractivity contribution in [3.05, 3.63) is 11.8 Å². The first-order valence-electron chi connectivity index (χ1n) is 4.55. The molecule has 0 aliphatic carbocycles. The van der Waals surface area contributed by atoms with Crippen molar-refractivity contribution in [3.8, 4) is 11.9 Å². The van der Waals surface area contributed by atoms with Crippen molar-refractivity contribution < 1.29 is 19.1 Å². The number of carbonyl (C=O) groups excluding carboxylic acids is 1. The minimum atomic E-state index is -0.769. The average molecular weight is 240 g/mol. The van der Waals surface area contributed by atoms with E-state index in [9.17, 15) is 4.79 Å². The minimum Gasteiger partial charge on any atom is -0.480 e. The Morgan fingerprint density at radius 3 is 2.65 bits per heavy atom. The first kappa shape index (κ1) is 12.7. The number of rotatable bonds is 4. The molecule has 0 saturated heterocycles. The van der Waals surface area contributed by atoms with Gasteiger partial charge in [0.15, 0.2) is 0 Å². The number of amidine groups is 1. The molecule has 92 valence electrons. The summed E-state index contributed by atoms with van der Waals surface area (Å²) >= 11 is 0. The summed E-state index contributed by atoms with van der Waals surface area (Å²) in [6, 6.07) is 0.0805. The van der Waals surface area contributed by atoms with E-state index in [0.717, 1.165) is 0 Å². The summed E-state index contributed by atoms with van der Waals surface area (Å²) in [5, 5.41) is 3.32. The van der Waals surface area contributed by atoms with Crippen molar-refractivity contribution in [1.82, 2.24) is 9.97 Å². The van der Waals surface area contributed by atoms with E-state index in [4.69, 9.17) is 15.2 Å². The predicted molar refractivity (Wildman–Crippen MR) is 57.8 cm³/mol. The Labute approximate surface area is 97.4 Å². The number of oxime groups is 1. The van der Waals surface area contributed by atoms with Gasteiger partial charge in [-0.1, -0.05) is 5.16 Å². The second kappa shape index (κ2) is 5.64. The Bertz CT molecular complexity index is 443. The second-order valence-electron chi connectivity index (χ2n) is 2.89. The maximum Gasteiger partial charge on any atom is 0.372 e. The van der Waals surface area contributed by atoms with Crippen molar-refractivity contribution in [1.29, 1.82) is 0 Å². The third-order valence-corrected chi connectivity index (χ3v) is 1.60. The third kappa shape index (κ3) is 3.30. The van der Waals surface area contributed by atoms with Crippen LogP contribution in [0.3, 0.4) is 0 Å². The number of aromatic nitrogens is 2. The normalized spacial score (nSPS) is 10.9. The smallest absolute Gasteiger partial charge is 0.372 e. The lowest BCUT2D eigenvalue weighted by Gasteiger charge is -2.05. The van der Waals surface area contributed by atoms with Crippen molar-refractivity contribution in [2.24, 2.45) is 10.9 Å². The highest BCUT2D eigenvalue weighted by Gasteiger charge is 2.17. The topological polar surface area (TPSA) is 109 Å². The monoisotopic (exact) mass is 240 g/mol. The standard InChI is InChI=1S/C9H12N4O4/c1-5(10)13-17-8(14)6-4-11-9(16-3)12-7(6)15-2/h4H,1-3H3,(H2,10,13). The van der Waals surface area contributed by atoms with E-state index in [2.05, 4.69) is 20.0 Å². The summed E-state index contributed by atoms with van der Waals surface area (Å²) in [6.07, 6.45) is 1.22. The lowest BCUT2D eigenvalue weighted by Crippen LogP contribution is -2.11. The molecule has 0 fully saturated rings. The third-order valence-electron chi connectivity index (χ3n) is 1.60. The molecule has 0 spiro atoms. The Morgan fingerprint density at radius 1 is 1.41 bits per heavy atom. The second-order valence-corrected chi connectivity index (χ2v) is 2.89. The van der Waals surface area contributed by atoms with E-state index in [1.54, 1.807) is 0 Å². The Hall–Kier alpha value is -2.38. The fourth-order valence-electron chi connectivity index (χ4n) is 0.908. The van der Waals surface area contributed by atoms with Gasteiger partial charge in [-0.25, -0.2) is 9.78 Å². The highest BCUT2D eigenvalue weighted by molar-refractivity contribution is 5.92. The number of hydrogen-bond donors (Lipinski definition) is 1. The van der Waals surface area contributed by atoms with Crippen LogP contribution in [0.15, 0.2) is 11.4 Å². The van der Waals surface area contributed by atoms with Crippen molar-refractivity contribution in [2.75, 3.05) is 14.2 Å². The van der Waals surface area contributed by atoms with Gasteiger partial charge < -0.3 is 20.0 Å². The van der Waals surface area contributed by atoms with Gasteiger partial charge in [-0.15, -0.1) is 0 Å². The molecule has 0 radical (unpaired) electrons. The van der Waals surface area contributed by atoms with Gasteiger partial charge in [0, 0.05) is 0 Å². The van der Waals surface area contributed by atoms with E-state index >= 15 is 0 Å². The first-order valence-corrected chi connectivity index (χ1v) is 4.55. The van der Waals surface area contributed by atoms with E-state index < -0.39 is 5.97 Å². The van der Waals surface area contributed by atoms with Crippen LogP contribution in [-0.4, -0.2) is 36.0 Å². The lowest BCUT2D eigenvalue weighted by atomic mass is 10.3. The molecule has 0 amide bonds. The van der Waals surface area contributed by atoms with E-state index in [-0.39, 0.29) is 23.3 Å². The van der Waals surface area contributed by atoms with Crippen LogP contribution >= 0.6 is 0 Å². The van der Waals surface area contributed by atoms with E-state index in [1.165, 1.54) is 27.3 Å². The molecule has 8 heteroatoms. The van der Waals surface area contributed by atoms with Gasteiger partial charge in [0.25, 0.3) is 0 Å². The zero-order chi connectivity index (χ0) is 12.8. The molecule has 1 heterocycles. The number of hydrogen-bond acceptors (Lipinski definition) is 7. The SMILES string of the molecule is COc1ncc(C(=O)ON=C(C)N)c(OC)n1. The van der Waals surface area contributed by atoms with E-state index in [1.807, 2.05) is 0 Å². The summed E-state index contributed by atoms with van der Waals surface area (Å²) in [5.41, 5.74) is 5.25. The minimum absolute atomic E-state index is 0.0262. The van der Waals surface area contributed by atoms with Gasteiger partial charge in [-0.2, -0.15) is 4.98 Å². The fraction of sp³-hybridized carbons (Fsp3) is 0.333. The van der Waals surface area contributed by atoms with Gasteiger partial charge in [0.1, 0.15) is 11.4 Å². The summed E-state index contributed by atoms with van der Waals surface area (Å²) < 4.78 is 9.69. The van der Waals surface area contributed by atoms with Gasteiger partial charge in [0.05, 0.1) is 20.4 Å². The molecule has 0 aromatic carbocycles. The van der Waals surface area contributed by atoms with Crippen LogP contribution in [0.4, 0.5) is 0 Å². The lowest BCUT2D eigenvalue weighted by molar-refractivity contribution is 0.0510. The van der Waals surface area contributed by atoms with Crippen molar-refractivity contribution in [3.63, 3.8) is 0 Å². The maximum absolute atomic E-state index is 11.5. The van der Waals surface area contributed by atoms with Crippen LogP contribution in [0.5, 0.6) is 11.9 Å². The number of carbonyl (C=O) groups is 1. The largest absolute Gasteiger partial charge is 0.480 e. The highest BCUT2D eigenvalue weighted by Crippen LogP contribution is 2.17. The van der Waals surface area contributed by atoms with Crippen LogP contribution in [0.25, 0.3) is 0 Å². The number of methoxy groups -OCH3 is 2. The maximum atomic E-state index is 11.5. The summed E-state index contributed by atoms with van der Waals surface area (Å²) in [7, 11) is 2.75. The molecule has 2 N–H and O–H groups in total. The molecular weight excluding hydrogens is 228 g/mol. The van der Waals surface area contributed by atoms with Crippen LogP contribution < -0.4 is 15.2 Å². The fourth-order valence-corrected chi connectivity index (χ4v) is 0.908. The number of nitrogens with two attached hydrogens (primary N) is 1. The molecule has 8 nitrogen and oxygen atoms in total.